The van der Waals surface area contributed by atoms with Gasteiger partial charge in [0, 0.05) is 20.0 Å². The lowest BCUT2D eigenvalue weighted by atomic mass is 10.0. The second-order valence-corrected chi connectivity index (χ2v) is 15.3. The minimum absolute atomic E-state index is 0.124. The number of rotatable bonds is 38. The number of carbonyl (C=O) groups excluding carboxylic acids is 2. The van der Waals surface area contributed by atoms with Crippen LogP contribution in [0, 0.1) is 0 Å². The predicted molar refractivity (Wildman–Crippen MR) is 216 cm³/mol. The summed E-state index contributed by atoms with van der Waals surface area (Å²) < 4.78 is 31.8. The Hall–Kier alpha value is -1.99. The Morgan fingerprint density at radius 3 is 1.42 bits per heavy atom. The first-order valence-electron chi connectivity index (χ1n) is 20.8. The maximum absolute atomic E-state index is 12.4. The Labute approximate surface area is 318 Å². The number of unbranched alkanes of at least 4 members (excludes halogenated alkanes) is 19. The average molecular weight is 753 g/mol. The van der Waals surface area contributed by atoms with Crippen LogP contribution in [0.15, 0.2) is 48.6 Å². The van der Waals surface area contributed by atoms with Crippen LogP contribution in [0.2, 0.25) is 0 Å². The molecule has 0 aromatic heterocycles. The van der Waals surface area contributed by atoms with E-state index in [1.807, 2.05) is 12.2 Å². The summed E-state index contributed by atoms with van der Waals surface area (Å²) in [5, 5.41) is 0. The molecule has 0 spiro atoms. The number of carbonyl (C=O) groups is 2. The Morgan fingerprint density at radius 1 is 0.558 bits per heavy atom. The fourth-order valence-corrected chi connectivity index (χ4v) is 6.13. The number of phosphoric ester groups is 1. The second kappa shape index (κ2) is 38.7. The van der Waals surface area contributed by atoms with E-state index in [9.17, 15) is 19.0 Å². The second-order valence-electron chi connectivity index (χ2n) is 13.7. The van der Waals surface area contributed by atoms with Crippen LogP contribution in [0.3, 0.4) is 0 Å². The highest BCUT2D eigenvalue weighted by molar-refractivity contribution is 7.47. The minimum atomic E-state index is -4.28. The van der Waals surface area contributed by atoms with Gasteiger partial charge in [0.2, 0.25) is 0 Å². The van der Waals surface area contributed by atoms with Gasteiger partial charge in [0.05, 0.1) is 6.61 Å². The summed E-state index contributed by atoms with van der Waals surface area (Å²) in [6.45, 7) is 3.72. The molecule has 0 aliphatic heterocycles. The topological polar surface area (TPSA) is 108 Å². The Morgan fingerprint density at radius 2 is 0.981 bits per heavy atom. The van der Waals surface area contributed by atoms with Crippen molar-refractivity contribution in [3.63, 3.8) is 0 Å². The molecule has 0 saturated carbocycles. The molecular weight excluding hydrogens is 675 g/mol. The Balaban J connectivity index is 4.01. The van der Waals surface area contributed by atoms with Gasteiger partial charge in [-0.2, -0.15) is 0 Å². The number of allylic oxidation sites excluding steroid dienone is 8. The molecule has 0 fully saturated rings. The highest BCUT2D eigenvalue weighted by atomic mass is 31.2. The molecule has 0 amide bonds. The van der Waals surface area contributed by atoms with Gasteiger partial charge in [-0.3, -0.25) is 18.6 Å². The molecule has 0 heterocycles. The van der Waals surface area contributed by atoms with Crippen LogP contribution in [0.25, 0.3) is 0 Å². The van der Waals surface area contributed by atoms with Crippen molar-refractivity contribution in [3.05, 3.63) is 48.6 Å². The molecule has 8 nitrogen and oxygen atoms in total. The third kappa shape index (κ3) is 37.8. The third-order valence-corrected chi connectivity index (χ3v) is 9.79. The normalized spacial score (nSPS) is 13.8. The SMILES string of the molecule is CC/C=C\C/C=C\C/C=C\C/C=C\CCC(=O)OC(COC(=O)CCCCCCCCCCCCCCCCCCCCCC)COP(=O)(O)OC. The number of hydrogen-bond acceptors (Lipinski definition) is 7. The zero-order valence-electron chi connectivity index (χ0n) is 33.5. The molecule has 302 valence electrons. The van der Waals surface area contributed by atoms with Gasteiger partial charge in [0.15, 0.2) is 6.10 Å². The average Bonchev–Trinajstić information content (AvgIpc) is 3.13. The first-order chi connectivity index (χ1) is 25.3. The molecule has 0 aliphatic carbocycles. The van der Waals surface area contributed by atoms with Gasteiger partial charge < -0.3 is 14.4 Å². The van der Waals surface area contributed by atoms with E-state index in [-0.39, 0.29) is 25.4 Å². The van der Waals surface area contributed by atoms with E-state index < -0.39 is 26.5 Å². The van der Waals surface area contributed by atoms with E-state index in [1.165, 1.54) is 109 Å². The lowest BCUT2D eigenvalue weighted by Crippen LogP contribution is -2.29. The van der Waals surface area contributed by atoms with Crippen LogP contribution in [-0.2, 0) is 32.7 Å². The molecule has 1 N–H and O–H groups in total. The minimum Gasteiger partial charge on any atom is -0.462 e. The van der Waals surface area contributed by atoms with Crippen LogP contribution in [0.1, 0.15) is 187 Å². The molecule has 52 heavy (non-hydrogen) atoms. The van der Waals surface area contributed by atoms with Crippen molar-refractivity contribution in [2.24, 2.45) is 0 Å². The van der Waals surface area contributed by atoms with Gasteiger partial charge in [0.1, 0.15) is 6.61 Å². The molecular formula is C43H77O8P. The summed E-state index contributed by atoms with van der Waals surface area (Å²) in [6.07, 6.45) is 46.2. The van der Waals surface area contributed by atoms with Crippen LogP contribution in [0.4, 0.5) is 0 Å². The van der Waals surface area contributed by atoms with Crippen LogP contribution < -0.4 is 0 Å². The molecule has 0 saturated heterocycles. The monoisotopic (exact) mass is 753 g/mol. The Kier molecular flexibility index (Phi) is 37.2. The number of esters is 2. The first kappa shape index (κ1) is 50.0. The van der Waals surface area contributed by atoms with Crippen LogP contribution >= 0.6 is 7.82 Å². The highest BCUT2D eigenvalue weighted by Gasteiger charge is 2.24. The van der Waals surface area contributed by atoms with Crippen molar-refractivity contribution in [1.29, 1.82) is 0 Å². The van der Waals surface area contributed by atoms with Crippen LogP contribution in [0.5, 0.6) is 0 Å². The lowest BCUT2D eigenvalue weighted by Gasteiger charge is -2.19. The zero-order chi connectivity index (χ0) is 38.2. The fraction of sp³-hybridized carbons (Fsp3) is 0.767. The van der Waals surface area contributed by atoms with Gasteiger partial charge >= 0.3 is 19.8 Å². The zero-order valence-corrected chi connectivity index (χ0v) is 34.3. The van der Waals surface area contributed by atoms with Gasteiger partial charge in [-0.25, -0.2) is 4.57 Å². The standard InChI is InChI=1S/C43H77O8P/c1-4-6-8-10-12-14-16-18-19-20-21-22-23-24-26-27-29-31-33-35-37-42(44)49-39-41(40-50-52(46,47)48-3)51-43(45)38-36-34-32-30-28-25-17-15-13-11-9-7-5-2/h7,9,13,15,25,28,32,34,41H,4-6,8,10-12,14,16-24,26-27,29-31,33,35-40H2,1-3H3,(H,46,47)/b9-7-,15-13-,28-25-,34-32-. The van der Waals surface area contributed by atoms with E-state index in [0.29, 0.717) is 6.42 Å². The van der Waals surface area contributed by atoms with Crippen molar-refractivity contribution < 1.29 is 37.6 Å². The van der Waals surface area contributed by atoms with E-state index >= 15 is 0 Å². The number of hydrogen-bond donors (Lipinski definition) is 1. The third-order valence-electron chi connectivity index (χ3n) is 8.85. The molecule has 0 bridgehead atoms. The molecule has 9 heteroatoms. The van der Waals surface area contributed by atoms with E-state index in [0.717, 1.165) is 52.1 Å². The number of ether oxygens (including phenoxy) is 2. The van der Waals surface area contributed by atoms with Crippen LogP contribution in [-0.4, -0.2) is 43.3 Å². The maximum Gasteiger partial charge on any atom is 0.472 e. The highest BCUT2D eigenvalue weighted by Crippen LogP contribution is 2.42. The molecule has 0 aliphatic rings. The van der Waals surface area contributed by atoms with Crippen molar-refractivity contribution in [2.45, 2.75) is 193 Å². The quantitative estimate of drug-likeness (QED) is 0.0287. The molecule has 0 aromatic rings. The largest absolute Gasteiger partial charge is 0.472 e. The lowest BCUT2D eigenvalue weighted by molar-refractivity contribution is -0.161. The Bertz CT molecular complexity index is 990. The predicted octanol–water partition coefficient (Wildman–Crippen LogP) is 13.0. The van der Waals surface area contributed by atoms with Crippen molar-refractivity contribution in [2.75, 3.05) is 20.3 Å². The van der Waals surface area contributed by atoms with Gasteiger partial charge in [-0.1, -0.05) is 184 Å². The summed E-state index contributed by atoms with van der Waals surface area (Å²) in [5.74, 6) is -0.895. The van der Waals surface area contributed by atoms with Crippen molar-refractivity contribution in [1.82, 2.24) is 0 Å². The first-order valence-corrected chi connectivity index (χ1v) is 22.3. The molecule has 2 unspecified atom stereocenters. The maximum atomic E-state index is 12.4. The van der Waals surface area contributed by atoms with Gasteiger partial charge in [0.25, 0.3) is 0 Å². The summed E-state index contributed by atoms with van der Waals surface area (Å²) in [6, 6.07) is 0. The summed E-state index contributed by atoms with van der Waals surface area (Å²) in [5.41, 5.74) is 0. The summed E-state index contributed by atoms with van der Waals surface area (Å²) in [4.78, 5) is 34.3. The fourth-order valence-electron chi connectivity index (χ4n) is 5.67. The molecule has 0 rings (SSSR count). The summed E-state index contributed by atoms with van der Waals surface area (Å²) in [7, 11) is -3.23. The van der Waals surface area contributed by atoms with Gasteiger partial charge in [-0.05, 0) is 38.5 Å². The van der Waals surface area contributed by atoms with Crippen molar-refractivity contribution >= 4 is 19.8 Å². The van der Waals surface area contributed by atoms with E-state index in [1.54, 1.807) is 0 Å². The number of phosphoric acid groups is 1. The molecule has 0 radical (unpaired) electrons. The van der Waals surface area contributed by atoms with Crippen molar-refractivity contribution in [3.8, 4) is 0 Å². The molecule has 2 atom stereocenters. The molecule has 0 aromatic carbocycles. The van der Waals surface area contributed by atoms with E-state index in [4.69, 9.17) is 14.0 Å². The smallest absolute Gasteiger partial charge is 0.462 e. The summed E-state index contributed by atoms with van der Waals surface area (Å²) >= 11 is 0. The van der Waals surface area contributed by atoms with Gasteiger partial charge in [-0.15, -0.1) is 0 Å². The van der Waals surface area contributed by atoms with E-state index in [2.05, 4.69) is 54.8 Å².